The molecule has 18 N–H and O–H groups in total. The molecule has 0 aliphatic rings. The summed E-state index contributed by atoms with van der Waals surface area (Å²) in [5.41, 5.74) is 31.8. The van der Waals surface area contributed by atoms with Gasteiger partial charge in [-0.25, -0.2) is 0 Å². The van der Waals surface area contributed by atoms with Crippen LogP contribution in [0.15, 0.2) is 84.9 Å². The number of rotatable bonds is 34. The van der Waals surface area contributed by atoms with Gasteiger partial charge in [-0.2, -0.15) is 0 Å². The van der Waals surface area contributed by atoms with E-state index in [0.29, 0.717) is 26.3 Å². The second-order valence-corrected chi connectivity index (χ2v) is 29.9. The molecule has 4 amide bonds. The number of carbonyl (C=O) groups is 8. The number of amides is 4. The van der Waals surface area contributed by atoms with Crippen LogP contribution in [0.25, 0.3) is 0 Å². The van der Waals surface area contributed by atoms with Crippen molar-refractivity contribution in [3.8, 4) is 11.5 Å². The van der Waals surface area contributed by atoms with Gasteiger partial charge in [0.1, 0.15) is 36.8 Å². The normalized spacial score (nSPS) is 12.7. The van der Waals surface area contributed by atoms with E-state index in [-0.39, 0.29) is 99.4 Å². The zero-order valence-corrected chi connectivity index (χ0v) is 61.7. The Hall–Kier alpha value is -2.31. The summed E-state index contributed by atoms with van der Waals surface area (Å²) in [5, 5.41) is 41.1. The molecule has 0 saturated carbocycles. The van der Waals surface area contributed by atoms with E-state index in [9.17, 15) is 38.4 Å². The SMILES string of the molecule is NC(=O)C(CC(N)C(=O)O)OCC[Se]c1ccccc1.NC(=O)CC(OCCOc1c(I)cc(I)cc1I)C(N)C(=O)O.NC(CCC(=O)NCCOc1c(I)cc(I)cc1I)C(=O)O.NC(CCC(=O)NCC[Te]c1ccccc1)C(=O)O. The third-order valence-corrected chi connectivity index (χ3v) is 19.7. The van der Waals surface area contributed by atoms with Crippen molar-refractivity contribution in [1.29, 1.82) is 0 Å². The van der Waals surface area contributed by atoms with Gasteiger partial charge in [0.25, 0.3) is 0 Å². The van der Waals surface area contributed by atoms with E-state index < -0.39 is 72.1 Å². The third kappa shape index (κ3) is 36.9. The van der Waals surface area contributed by atoms with Gasteiger partial charge < -0.3 is 46.9 Å². The van der Waals surface area contributed by atoms with Crippen LogP contribution in [0.5, 0.6) is 11.5 Å². The van der Waals surface area contributed by atoms with Crippen LogP contribution in [0.4, 0.5) is 0 Å². The summed E-state index contributed by atoms with van der Waals surface area (Å²) in [7, 11) is 0. The van der Waals surface area contributed by atoms with E-state index >= 15 is 0 Å². The number of benzene rings is 4. The standard InChI is InChI=1S/C13H15I3N2O5.C13H15I3N2O4.C13H18N2O4Se.C13H18N2O3Te/c14-6-3-7(15)12(8(16)4-6)23-2-1-22-9(5-10(17)19)11(18)13(20)21;14-7-5-8(15)12(9(16)6-7)22-4-3-18-11(19)2-1-10(17)13(20)21;14-10(13(17)18)8-11(12(15)16)19-6-7-20-9-4-2-1-3-5-9;14-11(13(17)18)6-7-12(16)15-8-9-19-10-4-2-1-3-5-10/h3-4,9,11H,1-2,5,18H2,(H2,17,19)(H,20,21);5-6,10H,1-4,17H2,(H,18,19)(H,20,21);1-5,10-11H,6-8,14H2,(H2,15,16)(H,17,18);1-5,11H,6-9,14H2,(H,15,16)(H,17,18). The molecule has 0 aliphatic carbocycles. The van der Waals surface area contributed by atoms with Gasteiger partial charge in [0.05, 0.1) is 40.0 Å². The van der Waals surface area contributed by atoms with Crippen molar-refractivity contribution in [2.75, 3.05) is 39.5 Å². The van der Waals surface area contributed by atoms with Gasteiger partial charge in [-0.1, -0.05) is 0 Å². The minimum absolute atomic E-state index is 0.0894. The van der Waals surface area contributed by atoms with Crippen LogP contribution < -0.4 is 62.6 Å². The number of nitrogens with one attached hydrogen (secondary N) is 2. The van der Waals surface area contributed by atoms with E-state index in [1.54, 1.807) is 0 Å². The van der Waals surface area contributed by atoms with Crippen LogP contribution in [0.1, 0.15) is 38.5 Å². The van der Waals surface area contributed by atoms with Crippen LogP contribution in [0, 0.1) is 21.4 Å². The Morgan fingerprint density at radius 2 is 1.01 bits per heavy atom. The predicted molar refractivity (Wildman–Crippen MR) is 367 cm³/mol. The molecule has 6 unspecified atom stereocenters. The van der Waals surface area contributed by atoms with Crippen molar-refractivity contribution >= 4 is 227 Å². The number of hydrogen-bond acceptors (Lipinski definition) is 16. The first kappa shape index (κ1) is 79.7. The summed E-state index contributed by atoms with van der Waals surface area (Å²) in [6.45, 7) is 2.01. The molecule has 0 bridgehead atoms. The molecular weight excluding hydrogens is 1960 g/mol. The average molecular weight is 2030 g/mol. The fourth-order valence-electron chi connectivity index (χ4n) is 6.00. The molecule has 0 aromatic heterocycles. The Morgan fingerprint density at radius 1 is 0.560 bits per heavy atom. The quantitative estimate of drug-likeness (QED) is 0.0182. The third-order valence-electron chi connectivity index (χ3n) is 10.3. The fraction of sp³-hybridized carbons (Fsp3) is 0.385. The number of carboxylic acid groups (broad SMARTS) is 4. The van der Waals surface area contributed by atoms with Crippen molar-refractivity contribution in [3.05, 3.63) is 106 Å². The minimum atomic E-state index is -1.32. The molecule has 32 heteroatoms. The van der Waals surface area contributed by atoms with Gasteiger partial charge in [-0.05, 0) is 166 Å². The number of carbonyl (C=O) groups excluding carboxylic acids is 4. The zero-order chi connectivity index (χ0) is 63.3. The van der Waals surface area contributed by atoms with Crippen molar-refractivity contribution < 1.29 is 77.7 Å². The molecule has 24 nitrogen and oxygen atoms in total. The van der Waals surface area contributed by atoms with E-state index in [4.69, 9.17) is 73.8 Å². The summed E-state index contributed by atoms with van der Waals surface area (Å²) in [4.78, 5) is 87.7. The molecule has 464 valence electrons. The molecule has 4 rings (SSSR count). The Kier molecular flexibility index (Phi) is 43.5. The molecule has 0 fully saturated rings. The first-order valence-electron chi connectivity index (χ1n) is 24.8. The van der Waals surface area contributed by atoms with Crippen molar-refractivity contribution in [2.24, 2.45) is 34.4 Å². The maximum atomic E-state index is 11.5. The van der Waals surface area contributed by atoms with E-state index in [1.807, 2.05) is 72.8 Å². The zero-order valence-electron chi connectivity index (χ0n) is 44.7. The number of primary amides is 2. The number of ether oxygens (including phenoxy) is 4. The molecular formula is C52H66I6N8O16SeTe. The van der Waals surface area contributed by atoms with Crippen LogP contribution in [0.3, 0.4) is 0 Å². The maximum absolute atomic E-state index is 11.5. The molecule has 0 saturated heterocycles. The van der Waals surface area contributed by atoms with Crippen LogP contribution in [-0.2, 0) is 47.8 Å². The second kappa shape index (κ2) is 45.9. The molecule has 4 aromatic carbocycles. The Bertz CT molecular complexity index is 2680. The van der Waals surface area contributed by atoms with Gasteiger partial charge >= 0.3 is 257 Å². The van der Waals surface area contributed by atoms with Gasteiger partial charge in [0.15, 0.2) is 0 Å². The molecule has 6 atom stereocenters. The number of hydrogen-bond donors (Lipinski definition) is 12. The van der Waals surface area contributed by atoms with E-state index in [0.717, 1.165) is 42.7 Å². The van der Waals surface area contributed by atoms with E-state index in [1.165, 1.54) is 8.07 Å². The molecule has 0 radical (unpaired) electrons. The predicted octanol–water partition coefficient (Wildman–Crippen LogP) is 2.59. The first-order chi connectivity index (χ1) is 39.6. The summed E-state index contributed by atoms with van der Waals surface area (Å²) in [6.07, 6.45) is -1.75. The first-order valence-corrected chi connectivity index (χ1v) is 36.2. The molecule has 0 aliphatic heterocycles. The van der Waals surface area contributed by atoms with E-state index in [2.05, 4.69) is 158 Å². The van der Waals surface area contributed by atoms with Gasteiger partial charge in [-0.15, -0.1) is 0 Å². The molecule has 0 spiro atoms. The van der Waals surface area contributed by atoms with Gasteiger partial charge in [0.2, 0.25) is 11.8 Å². The van der Waals surface area contributed by atoms with Crippen molar-refractivity contribution in [2.45, 2.75) is 84.7 Å². The number of halogens is 6. The summed E-state index contributed by atoms with van der Waals surface area (Å²) >= 11 is 13.2. The summed E-state index contributed by atoms with van der Waals surface area (Å²) in [6, 6.07) is 23.8. The van der Waals surface area contributed by atoms with Crippen LogP contribution in [0.2, 0.25) is 9.79 Å². The van der Waals surface area contributed by atoms with Crippen molar-refractivity contribution in [3.63, 3.8) is 0 Å². The summed E-state index contributed by atoms with van der Waals surface area (Å²) in [5.74, 6) is -4.75. The van der Waals surface area contributed by atoms with Crippen LogP contribution >= 0.6 is 136 Å². The second-order valence-electron chi connectivity index (χ2n) is 17.0. The van der Waals surface area contributed by atoms with Crippen LogP contribution in [-0.4, -0.2) is 180 Å². The Labute approximate surface area is 584 Å². The number of aliphatic carboxylic acids is 4. The molecule has 4 aromatic rings. The number of carboxylic acids is 4. The fourth-order valence-corrected chi connectivity index (χ4v) is 17.7. The Balaban J connectivity index is 0.000000561. The molecule has 84 heavy (non-hydrogen) atoms. The molecule has 0 heterocycles. The monoisotopic (exact) mass is 2030 g/mol. The van der Waals surface area contributed by atoms with Gasteiger partial charge in [0, 0.05) is 13.6 Å². The topological polar surface area (TPSA) is 435 Å². The number of nitrogens with two attached hydrogens (primary N) is 6. The Morgan fingerprint density at radius 3 is 1.45 bits per heavy atom. The summed E-state index contributed by atoms with van der Waals surface area (Å²) < 4.78 is 31.9. The van der Waals surface area contributed by atoms with Gasteiger partial charge in [-0.3, -0.25) is 19.2 Å². The van der Waals surface area contributed by atoms with Crippen molar-refractivity contribution in [1.82, 2.24) is 10.6 Å². The average Bonchev–Trinajstić information content (AvgIpc) is 3.60.